The molecule has 1 saturated heterocycles. The van der Waals surface area contributed by atoms with E-state index in [9.17, 15) is 19.7 Å². The third-order valence-electron chi connectivity index (χ3n) is 6.14. The van der Waals surface area contributed by atoms with Crippen LogP contribution in [0.1, 0.15) is 40.9 Å². The van der Waals surface area contributed by atoms with Crippen molar-refractivity contribution in [3.05, 3.63) is 41.5 Å². The van der Waals surface area contributed by atoms with Crippen molar-refractivity contribution < 1.29 is 29.1 Å². The van der Waals surface area contributed by atoms with Gasteiger partial charge >= 0.3 is 13.1 Å². The van der Waals surface area contributed by atoms with Gasteiger partial charge in [-0.2, -0.15) is 0 Å². The number of carboxylic acid groups (broad SMARTS) is 1. The number of carbonyl (C=O) groups is 2. The van der Waals surface area contributed by atoms with Crippen LogP contribution in [-0.2, 0) is 10.3 Å². The van der Waals surface area contributed by atoms with Gasteiger partial charge in [-0.25, -0.2) is 9.78 Å². The molecule has 3 aliphatic rings. The number of benzene rings is 1. The molecule has 3 heterocycles. The molecular formula is C19H21BN4O6. The summed E-state index contributed by atoms with van der Waals surface area (Å²) in [6.45, 7) is 2.17. The maximum atomic E-state index is 12.7. The predicted octanol–water partition coefficient (Wildman–Crippen LogP) is 0.302. The number of aromatic carboxylic acids is 1. The van der Waals surface area contributed by atoms with Gasteiger partial charge in [0.2, 0.25) is 5.91 Å². The minimum Gasteiger partial charge on any atom is -0.535 e. The van der Waals surface area contributed by atoms with Gasteiger partial charge in [-0.15, -0.1) is 0 Å². The second-order valence-corrected chi connectivity index (χ2v) is 8.29. The molecule has 3 atom stereocenters. The molecule has 5 N–H and O–H groups in total. The fourth-order valence-electron chi connectivity index (χ4n) is 4.24. The molecule has 2 fully saturated rings. The summed E-state index contributed by atoms with van der Waals surface area (Å²) in [5, 5.41) is 19.8. The average molecular weight is 412 g/mol. The number of likely N-dealkylation sites (tertiary alicyclic amines) is 1. The summed E-state index contributed by atoms with van der Waals surface area (Å²) >= 11 is 0. The number of amides is 1. The van der Waals surface area contributed by atoms with Crippen molar-refractivity contribution in [3.63, 3.8) is 0 Å². The summed E-state index contributed by atoms with van der Waals surface area (Å²) in [5.74, 6) is -0.980. The lowest BCUT2D eigenvalue weighted by Gasteiger charge is -2.42. The monoisotopic (exact) mass is 412 g/mol. The van der Waals surface area contributed by atoms with Crippen molar-refractivity contribution in [1.29, 1.82) is 0 Å². The third-order valence-corrected chi connectivity index (χ3v) is 6.14. The molecule has 1 aromatic heterocycles. The van der Waals surface area contributed by atoms with Crippen LogP contribution in [0.15, 0.2) is 24.7 Å². The Morgan fingerprint density at radius 1 is 1.43 bits per heavy atom. The summed E-state index contributed by atoms with van der Waals surface area (Å²) in [6.07, 6.45) is 3.38. The first kappa shape index (κ1) is 19.0. The van der Waals surface area contributed by atoms with E-state index in [1.165, 1.54) is 12.5 Å². The van der Waals surface area contributed by atoms with Crippen LogP contribution in [0.2, 0.25) is 5.82 Å². The van der Waals surface area contributed by atoms with E-state index in [2.05, 4.69) is 9.97 Å². The normalized spacial score (nSPS) is 24.1. The molecule has 1 saturated carbocycles. The van der Waals surface area contributed by atoms with Crippen molar-refractivity contribution in [1.82, 2.24) is 14.9 Å². The van der Waals surface area contributed by atoms with Crippen molar-refractivity contribution >= 4 is 19.0 Å². The Hall–Kier alpha value is -3.05. The van der Waals surface area contributed by atoms with Gasteiger partial charge in [-0.3, -0.25) is 4.79 Å². The maximum Gasteiger partial charge on any atom is 0.526 e. The van der Waals surface area contributed by atoms with Crippen LogP contribution < -0.4 is 15.1 Å². The third kappa shape index (κ3) is 2.84. The number of carboxylic acids is 1. The van der Waals surface area contributed by atoms with Gasteiger partial charge in [-0.1, -0.05) is 6.07 Å². The Kier molecular flexibility index (Phi) is 4.09. The number of nitrogens with zero attached hydrogens (tertiary/aromatic N) is 2. The molecular weight excluding hydrogens is 391 g/mol. The maximum absolute atomic E-state index is 12.7. The Labute approximate surface area is 172 Å². The number of H-pyrrole nitrogens is 1. The number of nitrogens with two attached hydrogens (primary N) is 1. The SMILES string of the molecule is CC(N)(C(=O)N1CC(Oc2ccc3c(c2C(=O)O)OB(O)[C@@H]2CC32)C1)c1cnc[nH]1. The summed E-state index contributed by atoms with van der Waals surface area (Å²) in [4.78, 5) is 33.0. The smallest absolute Gasteiger partial charge is 0.526 e. The number of imidazole rings is 1. The van der Waals surface area contributed by atoms with Crippen molar-refractivity contribution in [2.75, 3.05) is 13.1 Å². The number of rotatable bonds is 5. The van der Waals surface area contributed by atoms with Gasteiger partial charge in [0, 0.05) is 5.82 Å². The molecule has 1 aliphatic carbocycles. The quantitative estimate of drug-likeness (QED) is 0.512. The zero-order valence-corrected chi connectivity index (χ0v) is 16.2. The number of ether oxygens (including phenoxy) is 1. The van der Waals surface area contributed by atoms with Crippen molar-refractivity contribution in [2.45, 2.75) is 36.7 Å². The molecule has 0 spiro atoms. The molecule has 5 rings (SSSR count). The van der Waals surface area contributed by atoms with Gasteiger partial charge in [0.05, 0.1) is 31.3 Å². The minimum absolute atomic E-state index is 0.0255. The van der Waals surface area contributed by atoms with Crippen LogP contribution in [0.25, 0.3) is 0 Å². The lowest BCUT2D eigenvalue weighted by molar-refractivity contribution is -0.145. The summed E-state index contributed by atoms with van der Waals surface area (Å²) in [6, 6.07) is 3.42. The number of hydrogen-bond acceptors (Lipinski definition) is 7. The van der Waals surface area contributed by atoms with Gasteiger partial charge in [0.1, 0.15) is 28.7 Å². The molecule has 0 bridgehead atoms. The average Bonchev–Trinajstić information content (AvgIpc) is 3.28. The number of carbonyl (C=O) groups excluding carboxylic acids is 1. The molecule has 156 valence electrons. The Morgan fingerprint density at radius 3 is 2.87 bits per heavy atom. The Bertz CT molecular complexity index is 1020. The van der Waals surface area contributed by atoms with E-state index in [1.807, 2.05) is 0 Å². The zero-order chi connectivity index (χ0) is 21.2. The fraction of sp³-hybridized carbons (Fsp3) is 0.421. The number of nitrogens with one attached hydrogen (secondary N) is 1. The largest absolute Gasteiger partial charge is 0.535 e. The highest BCUT2D eigenvalue weighted by atomic mass is 16.5. The van der Waals surface area contributed by atoms with Crippen LogP contribution in [0.3, 0.4) is 0 Å². The standard InChI is InChI=1S/C19H21BN4O6/c1-19(21,14-5-22-8-23-14)18(27)24-6-9(7-24)29-13-3-2-10-11-4-12(11)20(28)30-16(10)15(13)17(25)26/h2-3,5,8-9,11-12,28H,4,6-7,21H2,1H3,(H,22,23)(H,25,26)/t11?,12-,19?/m1/s1. The molecule has 11 heteroatoms. The number of fused-ring (bicyclic) bond motifs is 3. The van der Waals surface area contributed by atoms with E-state index in [0.717, 1.165) is 12.0 Å². The second-order valence-electron chi connectivity index (χ2n) is 8.29. The highest BCUT2D eigenvalue weighted by molar-refractivity contribution is 6.48. The first-order chi connectivity index (χ1) is 14.3. The van der Waals surface area contributed by atoms with E-state index < -0.39 is 18.6 Å². The van der Waals surface area contributed by atoms with E-state index >= 15 is 0 Å². The summed E-state index contributed by atoms with van der Waals surface area (Å²) < 4.78 is 11.4. The first-order valence-corrected chi connectivity index (χ1v) is 9.76. The van der Waals surface area contributed by atoms with E-state index in [0.29, 0.717) is 5.69 Å². The van der Waals surface area contributed by atoms with Crippen LogP contribution in [-0.4, -0.2) is 63.2 Å². The number of aromatic amines is 1. The van der Waals surface area contributed by atoms with E-state index in [4.69, 9.17) is 15.1 Å². The molecule has 0 radical (unpaired) electrons. The van der Waals surface area contributed by atoms with Crippen molar-refractivity contribution in [3.8, 4) is 11.5 Å². The Balaban J connectivity index is 1.31. The molecule has 30 heavy (non-hydrogen) atoms. The molecule has 1 aromatic carbocycles. The minimum atomic E-state index is -1.25. The molecule has 10 nitrogen and oxygen atoms in total. The van der Waals surface area contributed by atoms with Crippen LogP contribution in [0.5, 0.6) is 11.5 Å². The topological polar surface area (TPSA) is 151 Å². The summed E-state index contributed by atoms with van der Waals surface area (Å²) in [7, 11) is -1.00. The fourth-order valence-corrected chi connectivity index (χ4v) is 4.24. The lowest BCUT2D eigenvalue weighted by Crippen LogP contribution is -2.62. The lowest BCUT2D eigenvalue weighted by atomic mass is 9.77. The second kappa shape index (κ2) is 6.48. The Morgan fingerprint density at radius 2 is 2.20 bits per heavy atom. The van der Waals surface area contributed by atoms with Gasteiger partial charge in [0.15, 0.2) is 0 Å². The first-order valence-electron chi connectivity index (χ1n) is 9.76. The van der Waals surface area contributed by atoms with Gasteiger partial charge < -0.3 is 35.1 Å². The van der Waals surface area contributed by atoms with Crippen LogP contribution in [0, 0.1) is 0 Å². The number of aromatic nitrogens is 2. The molecule has 1 amide bonds. The van der Waals surface area contributed by atoms with E-state index in [-0.39, 0.29) is 53.9 Å². The highest BCUT2D eigenvalue weighted by Crippen LogP contribution is 2.60. The van der Waals surface area contributed by atoms with Gasteiger partial charge in [0.25, 0.3) is 0 Å². The highest BCUT2D eigenvalue weighted by Gasteiger charge is 2.54. The predicted molar refractivity (Wildman–Crippen MR) is 104 cm³/mol. The van der Waals surface area contributed by atoms with Crippen LogP contribution in [0.4, 0.5) is 0 Å². The van der Waals surface area contributed by atoms with Crippen LogP contribution >= 0.6 is 0 Å². The van der Waals surface area contributed by atoms with Crippen molar-refractivity contribution in [2.24, 2.45) is 5.73 Å². The zero-order valence-electron chi connectivity index (χ0n) is 16.2. The molecule has 2 aromatic rings. The summed E-state index contributed by atoms with van der Waals surface area (Å²) in [5.41, 5.74) is 6.14. The van der Waals surface area contributed by atoms with Gasteiger partial charge in [-0.05, 0) is 30.9 Å². The van der Waals surface area contributed by atoms with E-state index in [1.54, 1.807) is 24.0 Å². The molecule has 2 unspecified atom stereocenters. The molecule has 2 aliphatic heterocycles. The number of hydrogen-bond donors (Lipinski definition) is 4.